The van der Waals surface area contributed by atoms with E-state index in [0.717, 1.165) is 49.6 Å². The molecule has 0 unspecified atom stereocenters. The summed E-state index contributed by atoms with van der Waals surface area (Å²) < 4.78 is 0. The Kier molecular flexibility index (Phi) is 4.38. The highest BCUT2D eigenvalue weighted by atomic mass is 16.2. The van der Waals surface area contributed by atoms with Crippen LogP contribution >= 0.6 is 0 Å². The molecule has 0 radical (unpaired) electrons. The van der Waals surface area contributed by atoms with Gasteiger partial charge in [-0.05, 0) is 75.5 Å². The van der Waals surface area contributed by atoms with Crippen molar-refractivity contribution in [1.82, 2.24) is 9.80 Å². The van der Waals surface area contributed by atoms with Crippen molar-refractivity contribution in [1.29, 1.82) is 0 Å². The summed E-state index contributed by atoms with van der Waals surface area (Å²) in [7, 11) is 0. The number of fused-ring (bicyclic) bond motifs is 2. The second-order valence-corrected chi connectivity index (χ2v) is 8.44. The molecular formula is C21H30N2O. The molecule has 2 bridgehead atoms. The van der Waals surface area contributed by atoms with Crippen molar-refractivity contribution in [2.75, 3.05) is 32.7 Å². The highest BCUT2D eigenvalue weighted by Gasteiger charge is 2.45. The minimum absolute atomic E-state index is 0.209. The summed E-state index contributed by atoms with van der Waals surface area (Å²) in [4.78, 5) is 17.5. The molecular weight excluding hydrogens is 296 g/mol. The third-order valence-electron chi connectivity index (χ3n) is 6.59. The van der Waals surface area contributed by atoms with Gasteiger partial charge in [0.1, 0.15) is 0 Å². The average Bonchev–Trinajstić information content (AvgIpc) is 3.09. The molecule has 0 aromatic heterocycles. The predicted molar refractivity (Wildman–Crippen MR) is 97.1 cm³/mol. The number of nitrogens with zero attached hydrogens (tertiary/aromatic N) is 2. The normalized spacial score (nSPS) is 30.5. The number of rotatable bonds is 3. The Bertz CT molecular complexity index is 604. The van der Waals surface area contributed by atoms with E-state index >= 15 is 0 Å². The lowest BCUT2D eigenvalue weighted by Crippen LogP contribution is -2.39. The van der Waals surface area contributed by atoms with Crippen LogP contribution in [0.15, 0.2) is 24.3 Å². The van der Waals surface area contributed by atoms with E-state index in [9.17, 15) is 4.79 Å². The monoisotopic (exact) mass is 326 g/mol. The first kappa shape index (κ1) is 16.1. The number of aryl methyl sites for hydroxylation is 1. The van der Waals surface area contributed by atoms with Gasteiger partial charge >= 0.3 is 0 Å². The zero-order valence-electron chi connectivity index (χ0n) is 15.0. The second kappa shape index (κ2) is 6.51. The Hall–Kier alpha value is -1.35. The van der Waals surface area contributed by atoms with Crippen LogP contribution in [0.25, 0.3) is 0 Å². The highest BCUT2D eigenvalue weighted by molar-refractivity contribution is 5.94. The fourth-order valence-electron chi connectivity index (χ4n) is 5.30. The van der Waals surface area contributed by atoms with Crippen LogP contribution in [0.4, 0.5) is 0 Å². The van der Waals surface area contributed by atoms with Crippen molar-refractivity contribution >= 4 is 5.91 Å². The molecule has 1 amide bonds. The molecule has 3 fully saturated rings. The molecule has 1 aromatic carbocycles. The Morgan fingerprint density at radius 3 is 2.71 bits per heavy atom. The highest BCUT2D eigenvalue weighted by Crippen LogP contribution is 2.54. The number of carbonyl (C=O) groups is 1. The topological polar surface area (TPSA) is 23.6 Å². The third kappa shape index (κ3) is 3.23. The first-order valence-electron chi connectivity index (χ1n) is 9.72. The number of hydrogen-bond acceptors (Lipinski definition) is 2. The smallest absolute Gasteiger partial charge is 0.253 e. The molecule has 130 valence electrons. The fraction of sp³-hybridized carbons (Fsp3) is 0.667. The van der Waals surface area contributed by atoms with E-state index in [1.807, 2.05) is 18.2 Å². The van der Waals surface area contributed by atoms with Crippen LogP contribution in [0.1, 0.15) is 54.4 Å². The zero-order valence-corrected chi connectivity index (χ0v) is 15.0. The van der Waals surface area contributed by atoms with E-state index in [0.29, 0.717) is 5.41 Å². The summed E-state index contributed by atoms with van der Waals surface area (Å²) in [5, 5.41) is 0. The minimum Gasteiger partial charge on any atom is -0.337 e. The van der Waals surface area contributed by atoms with Gasteiger partial charge in [-0.2, -0.15) is 0 Å². The van der Waals surface area contributed by atoms with Gasteiger partial charge in [0.25, 0.3) is 5.91 Å². The molecule has 0 N–H and O–H groups in total. The molecule has 0 atom stereocenters. The number of amides is 1. The van der Waals surface area contributed by atoms with E-state index in [1.54, 1.807) is 0 Å². The lowest BCUT2D eigenvalue weighted by molar-refractivity contribution is 0.0757. The fourth-order valence-corrected chi connectivity index (χ4v) is 5.30. The van der Waals surface area contributed by atoms with Crippen LogP contribution in [-0.2, 0) is 0 Å². The average molecular weight is 326 g/mol. The van der Waals surface area contributed by atoms with Crippen molar-refractivity contribution in [3.8, 4) is 0 Å². The maximum absolute atomic E-state index is 12.8. The Balaban J connectivity index is 1.37. The predicted octanol–water partition coefficient (Wildman–Crippen LogP) is 3.72. The standard InChI is InChI=1S/C21H30N2O/c1-17-4-2-5-19(14-17)20(24)23-11-3-10-22(12-13-23)16-21-8-6-18(15-21)7-9-21/h2,4-5,14,18H,3,6-13,15-16H2,1H3. The van der Waals surface area contributed by atoms with Gasteiger partial charge in [0.15, 0.2) is 0 Å². The van der Waals surface area contributed by atoms with Gasteiger partial charge in [0, 0.05) is 31.7 Å². The lowest BCUT2D eigenvalue weighted by atomic mass is 9.84. The van der Waals surface area contributed by atoms with Crippen molar-refractivity contribution < 1.29 is 4.79 Å². The molecule has 1 saturated heterocycles. The van der Waals surface area contributed by atoms with Crippen molar-refractivity contribution in [3.63, 3.8) is 0 Å². The Morgan fingerprint density at radius 1 is 1.17 bits per heavy atom. The Morgan fingerprint density at radius 2 is 2.00 bits per heavy atom. The van der Waals surface area contributed by atoms with E-state index in [-0.39, 0.29) is 5.91 Å². The molecule has 2 saturated carbocycles. The van der Waals surface area contributed by atoms with Crippen molar-refractivity contribution in [2.24, 2.45) is 11.3 Å². The summed E-state index contributed by atoms with van der Waals surface area (Å²) in [5.41, 5.74) is 2.63. The van der Waals surface area contributed by atoms with Crippen molar-refractivity contribution in [3.05, 3.63) is 35.4 Å². The van der Waals surface area contributed by atoms with E-state index in [1.165, 1.54) is 38.6 Å². The summed E-state index contributed by atoms with van der Waals surface area (Å²) in [6.45, 7) is 7.31. The molecule has 1 aliphatic heterocycles. The summed E-state index contributed by atoms with van der Waals surface area (Å²) in [5.74, 6) is 1.23. The van der Waals surface area contributed by atoms with Crippen LogP contribution in [0.2, 0.25) is 0 Å². The molecule has 0 spiro atoms. The van der Waals surface area contributed by atoms with Crippen LogP contribution in [0, 0.1) is 18.3 Å². The van der Waals surface area contributed by atoms with Crippen LogP contribution < -0.4 is 0 Å². The largest absolute Gasteiger partial charge is 0.337 e. The first-order chi connectivity index (χ1) is 11.6. The summed E-state index contributed by atoms with van der Waals surface area (Å²) >= 11 is 0. The molecule has 4 rings (SSSR count). The maximum Gasteiger partial charge on any atom is 0.253 e. The van der Waals surface area contributed by atoms with E-state index in [4.69, 9.17) is 0 Å². The minimum atomic E-state index is 0.209. The number of carbonyl (C=O) groups excluding carboxylic acids is 1. The van der Waals surface area contributed by atoms with Crippen LogP contribution in [0.5, 0.6) is 0 Å². The van der Waals surface area contributed by atoms with Crippen molar-refractivity contribution in [2.45, 2.75) is 45.4 Å². The quantitative estimate of drug-likeness (QED) is 0.845. The van der Waals surface area contributed by atoms with Crippen LogP contribution in [-0.4, -0.2) is 48.4 Å². The molecule has 24 heavy (non-hydrogen) atoms. The van der Waals surface area contributed by atoms with Gasteiger partial charge in [-0.25, -0.2) is 0 Å². The first-order valence-corrected chi connectivity index (χ1v) is 9.72. The van der Waals surface area contributed by atoms with Gasteiger partial charge in [-0.3, -0.25) is 4.79 Å². The number of hydrogen-bond donors (Lipinski definition) is 0. The van der Waals surface area contributed by atoms with Gasteiger partial charge in [0.2, 0.25) is 0 Å². The van der Waals surface area contributed by atoms with Gasteiger partial charge in [0.05, 0.1) is 0 Å². The second-order valence-electron chi connectivity index (χ2n) is 8.44. The van der Waals surface area contributed by atoms with Crippen LogP contribution in [0.3, 0.4) is 0 Å². The summed E-state index contributed by atoms with van der Waals surface area (Å²) in [6.07, 6.45) is 8.39. The Labute approximate surface area is 146 Å². The van der Waals surface area contributed by atoms with E-state index in [2.05, 4.69) is 22.8 Å². The van der Waals surface area contributed by atoms with Gasteiger partial charge in [-0.1, -0.05) is 17.7 Å². The molecule has 3 nitrogen and oxygen atoms in total. The maximum atomic E-state index is 12.8. The van der Waals surface area contributed by atoms with Gasteiger partial charge in [-0.15, -0.1) is 0 Å². The molecule has 3 aliphatic rings. The molecule has 1 heterocycles. The third-order valence-corrected chi connectivity index (χ3v) is 6.59. The van der Waals surface area contributed by atoms with E-state index < -0.39 is 0 Å². The molecule has 1 aromatic rings. The lowest BCUT2D eigenvalue weighted by Gasteiger charge is -2.33. The molecule has 3 heteroatoms. The zero-order chi connectivity index (χ0) is 16.6. The SMILES string of the molecule is Cc1cccc(C(=O)N2CCCN(CC34CCC(CC3)C4)CC2)c1. The summed E-state index contributed by atoms with van der Waals surface area (Å²) in [6, 6.07) is 8.01. The van der Waals surface area contributed by atoms with Gasteiger partial charge < -0.3 is 9.80 Å². The molecule has 2 aliphatic carbocycles. The number of benzene rings is 1.